The van der Waals surface area contributed by atoms with Crippen molar-refractivity contribution in [2.24, 2.45) is 11.8 Å². The van der Waals surface area contributed by atoms with Gasteiger partial charge in [-0.05, 0) is 50.4 Å². The first-order chi connectivity index (χ1) is 6.90. The lowest BCUT2D eigenvalue weighted by atomic mass is 9.90. The number of rotatable bonds is 2. The molecule has 2 unspecified atom stereocenters. The van der Waals surface area contributed by atoms with E-state index < -0.39 is 0 Å². The number of hydrogen-bond donors (Lipinski definition) is 0. The van der Waals surface area contributed by atoms with E-state index in [9.17, 15) is 0 Å². The minimum absolute atomic E-state index is 1.07. The molecule has 0 aromatic heterocycles. The Hall–Kier alpha value is -0.260. The van der Waals surface area contributed by atoms with Crippen molar-refractivity contribution in [3.63, 3.8) is 0 Å². The molecule has 14 heavy (non-hydrogen) atoms. The van der Waals surface area contributed by atoms with Gasteiger partial charge in [0.15, 0.2) is 0 Å². The van der Waals surface area contributed by atoms with Gasteiger partial charge in [0.25, 0.3) is 0 Å². The normalized spacial score (nSPS) is 35.6. The Balaban J connectivity index is 1.94. The summed E-state index contributed by atoms with van der Waals surface area (Å²) >= 11 is 0. The molecule has 2 atom stereocenters. The molecule has 2 aliphatic rings. The monoisotopic (exact) mass is 192 g/mol. The molecule has 0 spiro atoms. The van der Waals surface area contributed by atoms with Crippen molar-refractivity contribution in [3.05, 3.63) is 11.6 Å². The average molecular weight is 192 g/mol. The van der Waals surface area contributed by atoms with E-state index in [1.54, 1.807) is 5.57 Å². The SMILES string of the molecule is CCC/C=C1/CCCC2CCCC2C1. The van der Waals surface area contributed by atoms with Crippen LogP contribution in [0.5, 0.6) is 0 Å². The van der Waals surface area contributed by atoms with Crippen LogP contribution in [0.1, 0.15) is 64.7 Å². The molecule has 2 saturated carbocycles. The van der Waals surface area contributed by atoms with Gasteiger partial charge in [-0.15, -0.1) is 0 Å². The summed E-state index contributed by atoms with van der Waals surface area (Å²) in [5.41, 5.74) is 1.79. The highest BCUT2D eigenvalue weighted by Crippen LogP contribution is 2.42. The van der Waals surface area contributed by atoms with Crippen molar-refractivity contribution >= 4 is 0 Å². The summed E-state index contributed by atoms with van der Waals surface area (Å²) in [6.07, 6.45) is 15.6. The molecule has 2 aliphatic carbocycles. The van der Waals surface area contributed by atoms with Gasteiger partial charge in [-0.25, -0.2) is 0 Å². The highest BCUT2D eigenvalue weighted by atomic mass is 14.3. The molecule has 0 bridgehead atoms. The molecule has 0 aromatic carbocycles. The van der Waals surface area contributed by atoms with E-state index in [-0.39, 0.29) is 0 Å². The van der Waals surface area contributed by atoms with Gasteiger partial charge in [-0.3, -0.25) is 0 Å². The molecular weight excluding hydrogens is 168 g/mol. The Morgan fingerprint density at radius 2 is 1.93 bits per heavy atom. The molecule has 80 valence electrons. The predicted molar refractivity (Wildman–Crippen MR) is 62.3 cm³/mol. The third-order valence-electron chi connectivity index (χ3n) is 4.14. The fourth-order valence-electron chi connectivity index (χ4n) is 3.33. The molecule has 0 aromatic rings. The van der Waals surface area contributed by atoms with Crippen LogP contribution in [0.15, 0.2) is 11.6 Å². The zero-order valence-corrected chi connectivity index (χ0v) is 9.60. The quantitative estimate of drug-likeness (QED) is 0.556. The van der Waals surface area contributed by atoms with Crippen LogP contribution in [0.4, 0.5) is 0 Å². The molecule has 0 N–H and O–H groups in total. The van der Waals surface area contributed by atoms with E-state index in [0.29, 0.717) is 0 Å². The lowest BCUT2D eigenvalue weighted by molar-refractivity contribution is 0.377. The van der Waals surface area contributed by atoms with E-state index in [4.69, 9.17) is 0 Å². The average Bonchev–Trinajstić information content (AvgIpc) is 2.54. The van der Waals surface area contributed by atoms with Crippen LogP contribution in [0.2, 0.25) is 0 Å². The molecule has 2 fully saturated rings. The van der Waals surface area contributed by atoms with Crippen molar-refractivity contribution in [2.75, 3.05) is 0 Å². The summed E-state index contributed by atoms with van der Waals surface area (Å²) in [5.74, 6) is 2.17. The first kappa shape index (κ1) is 10.3. The van der Waals surface area contributed by atoms with Crippen LogP contribution in [-0.2, 0) is 0 Å². The minimum Gasteiger partial charge on any atom is -0.0853 e. The molecule has 2 rings (SSSR count). The second-order valence-electron chi connectivity index (χ2n) is 5.20. The van der Waals surface area contributed by atoms with Crippen molar-refractivity contribution in [1.29, 1.82) is 0 Å². The van der Waals surface area contributed by atoms with Gasteiger partial charge in [0.05, 0.1) is 0 Å². The predicted octanol–water partition coefficient (Wildman–Crippen LogP) is 4.70. The standard InChI is InChI=1S/C14H24/c1-2-3-6-12-7-4-8-13-9-5-10-14(13)11-12/h6,13-14H,2-5,7-11H2,1H3/b12-6-. The zero-order valence-electron chi connectivity index (χ0n) is 9.60. The van der Waals surface area contributed by atoms with E-state index in [0.717, 1.165) is 11.8 Å². The highest BCUT2D eigenvalue weighted by molar-refractivity contribution is 5.06. The van der Waals surface area contributed by atoms with E-state index in [2.05, 4.69) is 13.0 Å². The van der Waals surface area contributed by atoms with Gasteiger partial charge >= 0.3 is 0 Å². The summed E-state index contributed by atoms with van der Waals surface area (Å²) in [4.78, 5) is 0. The van der Waals surface area contributed by atoms with Crippen LogP contribution in [-0.4, -0.2) is 0 Å². The molecule has 0 aliphatic heterocycles. The fourth-order valence-corrected chi connectivity index (χ4v) is 3.33. The Bertz CT molecular complexity index is 202. The fraction of sp³-hybridized carbons (Fsp3) is 0.857. The van der Waals surface area contributed by atoms with Gasteiger partial charge in [-0.1, -0.05) is 37.8 Å². The van der Waals surface area contributed by atoms with Gasteiger partial charge in [0.1, 0.15) is 0 Å². The second-order valence-corrected chi connectivity index (χ2v) is 5.20. The Morgan fingerprint density at radius 3 is 2.79 bits per heavy atom. The third kappa shape index (κ3) is 2.40. The van der Waals surface area contributed by atoms with Crippen LogP contribution in [0.25, 0.3) is 0 Å². The maximum absolute atomic E-state index is 2.54. The molecule has 0 nitrogen and oxygen atoms in total. The van der Waals surface area contributed by atoms with E-state index >= 15 is 0 Å². The summed E-state index contributed by atoms with van der Waals surface area (Å²) < 4.78 is 0. The van der Waals surface area contributed by atoms with E-state index in [1.165, 1.54) is 57.8 Å². The second kappa shape index (κ2) is 5.00. The molecular formula is C14H24. The first-order valence-electron chi connectivity index (χ1n) is 6.58. The van der Waals surface area contributed by atoms with Gasteiger partial charge in [0, 0.05) is 0 Å². The van der Waals surface area contributed by atoms with Crippen LogP contribution >= 0.6 is 0 Å². The minimum atomic E-state index is 1.07. The highest BCUT2D eigenvalue weighted by Gasteiger charge is 2.29. The lowest BCUT2D eigenvalue weighted by Crippen LogP contribution is -2.05. The number of hydrogen-bond acceptors (Lipinski definition) is 0. The van der Waals surface area contributed by atoms with Crippen molar-refractivity contribution in [1.82, 2.24) is 0 Å². The molecule has 0 saturated heterocycles. The van der Waals surface area contributed by atoms with Crippen molar-refractivity contribution in [2.45, 2.75) is 64.7 Å². The Labute approximate surface area is 88.8 Å². The molecule has 0 heteroatoms. The maximum atomic E-state index is 2.54. The van der Waals surface area contributed by atoms with Crippen molar-refractivity contribution in [3.8, 4) is 0 Å². The lowest BCUT2D eigenvalue weighted by Gasteiger charge is -2.15. The van der Waals surface area contributed by atoms with Crippen molar-refractivity contribution < 1.29 is 0 Å². The Morgan fingerprint density at radius 1 is 1.14 bits per heavy atom. The maximum Gasteiger partial charge on any atom is -0.0289 e. The number of fused-ring (bicyclic) bond motifs is 1. The number of allylic oxidation sites excluding steroid dienone is 2. The van der Waals surface area contributed by atoms with E-state index in [1.807, 2.05) is 0 Å². The van der Waals surface area contributed by atoms with Gasteiger partial charge < -0.3 is 0 Å². The van der Waals surface area contributed by atoms with Crippen LogP contribution in [0.3, 0.4) is 0 Å². The van der Waals surface area contributed by atoms with Gasteiger partial charge in [0.2, 0.25) is 0 Å². The molecule has 0 radical (unpaired) electrons. The largest absolute Gasteiger partial charge is 0.0853 e. The first-order valence-corrected chi connectivity index (χ1v) is 6.58. The number of unbranched alkanes of at least 4 members (excludes halogenated alkanes) is 1. The summed E-state index contributed by atoms with van der Waals surface area (Å²) in [5, 5.41) is 0. The summed E-state index contributed by atoms with van der Waals surface area (Å²) in [7, 11) is 0. The third-order valence-corrected chi connectivity index (χ3v) is 4.14. The van der Waals surface area contributed by atoms with Gasteiger partial charge in [-0.2, -0.15) is 0 Å². The topological polar surface area (TPSA) is 0 Å². The summed E-state index contributed by atoms with van der Waals surface area (Å²) in [6, 6.07) is 0. The van der Waals surface area contributed by atoms with Crippen LogP contribution in [0, 0.1) is 11.8 Å². The smallest absolute Gasteiger partial charge is 0.0289 e. The molecule has 0 amide bonds. The summed E-state index contributed by atoms with van der Waals surface area (Å²) in [6.45, 7) is 2.28. The van der Waals surface area contributed by atoms with Crippen LogP contribution < -0.4 is 0 Å². The zero-order chi connectivity index (χ0) is 9.80. The Kier molecular flexibility index (Phi) is 3.67. The molecule has 0 heterocycles.